The van der Waals surface area contributed by atoms with Gasteiger partial charge in [-0.05, 0) is 36.1 Å². The summed E-state index contributed by atoms with van der Waals surface area (Å²) >= 11 is 1.72. The number of nitrogens with one attached hydrogen (secondary N) is 1. The first-order valence-corrected chi connectivity index (χ1v) is 8.38. The van der Waals surface area contributed by atoms with Crippen LogP contribution in [0.25, 0.3) is 22.2 Å². The van der Waals surface area contributed by atoms with Gasteiger partial charge >= 0.3 is 0 Å². The van der Waals surface area contributed by atoms with Crippen LogP contribution in [0.5, 0.6) is 0 Å². The van der Waals surface area contributed by atoms with Crippen molar-refractivity contribution in [3.05, 3.63) is 55.4 Å². The number of nitrogens with zero attached hydrogens (tertiary/aromatic N) is 2. The molecule has 3 aromatic rings. The van der Waals surface area contributed by atoms with Gasteiger partial charge in [-0.3, -0.25) is 4.79 Å². The molecule has 0 spiro atoms. The van der Waals surface area contributed by atoms with Crippen molar-refractivity contribution in [2.24, 2.45) is 7.05 Å². The Balaban J connectivity index is 2.09. The quantitative estimate of drug-likeness (QED) is 0.581. The number of anilines is 1. The smallest absolute Gasteiger partial charge is 0.247 e. The second kappa shape index (κ2) is 6.30. The van der Waals surface area contributed by atoms with E-state index in [2.05, 4.69) is 53.6 Å². The number of fused-ring (bicyclic) bond motifs is 1. The molecule has 0 unspecified atom stereocenters. The summed E-state index contributed by atoms with van der Waals surface area (Å²) in [6.07, 6.45) is 7.03. The summed E-state index contributed by atoms with van der Waals surface area (Å²) < 4.78 is 1.99. The van der Waals surface area contributed by atoms with Gasteiger partial charge in [0.05, 0.1) is 11.9 Å². The Bertz CT molecular complexity index is 881. The Hall–Kier alpha value is -2.53. The van der Waals surface area contributed by atoms with E-state index in [0.717, 1.165) is 22.2 Å². The van der Waals surface area contributed by atoms with Gasteiger partial charge in [-0.25, -0.2) is 4.98 Å². The molecule has 0 aliphatic heterocycles. The largest absolute Gasteiger partial charge is 0.335 e. The van der Waals surface area contributed by atoms with E-state index in [-0.39, 0.29) is 5.91 Å². The maximum Gasteiger partial charge on any atom is 0.247 e. The Kier molecular flexibility index (Phi) is 4.21. The molecule has 1 amide bonds. The zero-order chi connectivity index (χ0) is 16.4. The van der Waals surface area contributed by atoms with Crippen molar-refractivity contribution in [2.75, 3.05) is 11.6 Å². The lowest BCUT2D eigenvalue weighted by molar-refractivity contribution is -0.111. The topological polar surface area (TPSA) is 46.9 Å². The number of amides is 1. The molecule has 116 valence electrons. The molecule has 0 saturated heterocycles. The number of hydrogen-bond acceptors (Lipinski definition) is 3. The summed E-state index contributed by atoms with van der Waals surface area (Å²) in [4.78, 5) is 17.2. The van der Waals surface area contributed by atoms with Crippen LogP contribution < -0.4 is 5.32 Å². The highest BCUT2D eigenvalue weighted by Crippen LogP contribution is 2.31. The van der Waals surface area contributed by atoms with Gasteiger partial charge in [-0.1, -0.05) is 18.7 Å². The number of thioether (sulfide) groups is 1. The monoisotopic (exact) mass is 323 g/mol. The van der Waals surface area contributed by atoms with Gasteiger partial charge in [0.25, 0.3) is 0 Å². The van der Waals surface area contributed by atoms with E-state index in [1.54, 1.807) is 18.0 Å². The number of carbonyl (C=O) groups excluding carboxylic acids is 1. The van der Waals surface area contributed by atoms with Crippen LogP contribution in [0, 0.1) is 0 Å². The minimum atomic E-state index is -0.243. The fourth-order valence-electron chi connectivity index (χ4n) is 2.52. The third-order valence-corrected chi connectivity index (χ3v) is 4.41. The first kappa shape index (κ1) is 15.4. The highest BCUT2D eigenvalue weighted by Gasteiger charge is 2.11. The lowest BCUT2D eigenvalue weighted by Crippen LogP contribution is -2.07. The predicted molar refractivity (Wildman–Crippen MR) is 96.8 cm³/mol. The first-order valence-electron chi connectivity index (χ1n) is 7.15. The average molecular weight is 323 g/mol. The van der Waals surface area contributed by atoms with Crippen LogP contribution in [0.2, 0.25) is 0 Å². The number of rotatable bonds is 4. The van der Waals surface area contributed by atoms with Crippen molar-refractivity contribution < 1.29 is 4.79 Å². The third-order valence-electron chi connectivity index (χ3n) is 3.67. The van der Waals surface area contributed by atoms with Gasteiger partial charge in [0.15, 0.2) is 0 Å². The lowest BCUT2D eigenvalue weighted by Gasteiger charge is -2.04. The van der Waals surface area contributed by atoms with Crippen LogP contribution in [0.3, 0.4) is 0 Å². The van der Waals surface area contributed by atoms with Crippen LogP contribution >= 0.6 is 11.8 Å². The van der Waals surface area contributed by atoms with Crippen LogP contribution in [0.15, 0.2) is 60.3 Å². The standard InChI is InChI=1S/C18H17N3OS/c1-4-17(22)20-13-9-15-16(11-21(2)18(15)19-10-13)12-5-7-14(23-3)8-6-12/h4-11H,1H2,2-3H3,(H,20,22). The number of aryl methyl sites for hydroxylation is 1. The molecule has 1 N–H and O–H groups in total. The molecule has 5 heteroatoms. The van der Waals surface area contributed by atoms with E-state index in [1.165, 1.54) is 11.0 Å². The number of aromatic nitrogens is 2. The van der Waals surface area contributed by atoms with Crippen LogP contribution in [0.4, 0.5) is 5.69 Å². The predicted octanol–water partition coefficient (Wildman–Crippen LogP) is 4.09. The Labute approximate surface area is 139 Å². The van der Waals surface area contributed by atoms with Gasteiger partial charge < -0.3 is 9.88 Å². The van der Waals surface area contributed by atoms with Gasteiger partial charge in [0, 0.05) is 29.1 Å². The van der Waals surface area contributed by atoms with E-state index >= 15 is 0 Å². The minimum Gasteiger partial charge on any atom is -0.335 e. The number of hydrogen-bond donors (Lipinski definition) is 1. The van der Waals surface area contributed by atoms with Gasteiger partial charge in [-0.15, -0.1) is 11.8 Å². The minimum absolute atomic E-state index is 0.243. The van der Waals surface area contributed by atoms with Crippen LogP contribution in [-0.4, -0.2) is 21.7 Å². The molecule has 3 rings (SSSR count). The van der Waals surface area contributed by atoms with Crippen LogP contribution in [0.1, 0.15) is 0 Å². The SMILES string of the molecule is C=CC(=O)Nc1cnc2c(c1)c(-c1ccc(SC)cc1)cn2C. The molecule has 4 nitrogen and oxygen atoms in total. The number of benzene rings is 1. The summed E-state index contributed by atoms with van der Waals surface area (Å²) in [5.41, 5.74) is 3.76. The molecule has 2 heterocycles. The van der Waals surface area contributed by atoms with E-state index in [1.807, 2.05) is 17.7 Å². The molecule has 0 atom stereocenters. The van der Waals surface area contributed by atoms with Crippen molar-refractivity contribution in [3.8, 4) is 11.1 Å². The van der Waals surface area contributed by atoms with Crippen molar-refractivity contribution in [1.29, 1.82) is 0 Å². The van der Waals surface area contributed by atoms with Gasteiger partial charge in [-0.2, -0.15) is 0 Å². The Morgan fingerprint density at radius 2 is 2.09 bits per heavy atom. The zero-order valence-corrected chi connectivity index (χ0v) is 13.9. The first-order chi connectivity index (χ1) is 11.1. The highest BCUT2D eigenvalue weighted by molar-refractivity contribution is 7.98. The van der Waals surface area contributed by atoms with Crippen molar-refractivity contribution in [2.45, 2.75) is 4.90 Å². The van der Waals surface area contributed by atoms with E-state index in [0.29, 0.717) is 5.69 Å². The molecule has 2 aromatic heterocycles. The van der Waals surface area contributed by atoms with E-state index in [4.69, 9.17) is 0 Å². The average Bonchev–Trinajstić information content (AvgIpc) is 2.91. The summed E-state index contributed by atoms with van der Waals surface area (Å²) in [6, 6.07) is 10.4. The summed E-state index contributed by atoms with van der Waals surface area (Å²) in [5, 5.41) is 3.76. The molecule has 0 fully saturated rings. The van der Waals surface area contributed by atoms with E-state index < -0.39 is 0 Å². The molecular weight excluding hydrogens is 306 g/mol. The van der Waals surface area contributed by atoms with Crippen molar-refractivity contribution in [3.63, 3.8) is 0 Å². The Morgan fingerprint density at radius 1 is 1.35 bits per heavy atom. The zero-order valence-electron chi connectivity index (χ0n) is 13.0. The Morgan fingerprint density at radius 3 is 2.74 bits per heavy atom. The second-order valence-electron chi connectivity index (χ2n) is 5.17. The third kappa shape index (κ3) is 3.00. The summed E-state index contributed by atoms with van der Waals surface area (Å²) in [6.45, 7) is 3.47. The molecule has 0 aliphatic carbocycles. The van der Waals surface area contributed by atoms with Gasteiger partial charge in [0.2, 0.25) is 5.91 Å². The van der Waals surface area contributed by atoms with Crippen molar-refractivity contribution >= 4 is 34.4 Å². The molecule has 23 heavy (non-hydrogen) atoms. The van der Waals surface area contributed by atoms with Gasteiger partial charge in [0.1, 0.15) is 5.65 Å². The fraction of sp³-hybridized carbons (Fsp3) is 0.111. The normalized spacial score (nSPS) is 10.7. The molecular formula is C18H17N3OS. The molecule has 0 saturated carbocycles. The number of pyridine rings is 1. The fourth-order valence-corrected chi connectivity index (χ4v) is 2.93. The molecule has 1 aromatic carbocycles. The molecule has 0 radical (unpaired) electrons. The summed E-state index contributed by atoms with van der Waals surface area (Å²) in [5.74, 6) is -0.243. The lowest BCUT2D eigenvalue weighted by atomic mass is 10.1. The maximum absolute atomic E-state index is 11.5. The molecule has 0 bridgehead atoms. The van der Waals surface area contributed by atoms with E-state index in [9.17, 15) is 4.79 Å². The molecule has 0 aliphatic rings. The van der Waals surface area contributed by atoms with Crippen LogP contribution in [-0.2, 0) is 11.8 Å². The maximum atomic E-state index is 11.5. The summed E-state index contributed by atoms with van der Waals surface area (Å²) in [7, 11) is 1.97. The van der Waals surface area contributed by atoms with Crippen molar-refractivity contribution in [1.82, 2.24) is 9.55 Å². The highest BCUT2D eigenvalue weighted by atomic mass is 32.2. The number of carbonyl (C=O) groups is 1. The second-order valence-corrected chi connectivity index (χ2v) is 6.05.